The lowest BCUT2D eigenvalue weighted by Gasteiger charge is -1.92. The normalized spacial score (nSPS) is 9.79. The summed E-state index contributed by atoms with van der Waals surface area (Å²) < 4.78 is 14.3. The first-order valence-corrected chi connectivity index (χ1v) is 5.66. The van der Waals surface area contributed by atoms with Crippen LogP contribution >= 0.6 is 11.3 Å². The summed E-state index contributed by atoms with van der Waals surface area (Å²) in [4.78, 5) is 1.20. The molecule has 2 rings (SSSR count). The molecule has 0 atom stereocenters. The molecule has 0 N–H and O–H groups in total. The molecule has 76 valence electrons. The van der Waals surface area contributed by atoms with Crippen LogP contribution in [-0.2, 0) is 0 Å². The van der Waals surface area contributed by atoms with Gasteiger partial charge in [-0.15, -0.1) is 11.3 Å². The van der Waals surface area contributed by atoms with Crippen molar-refractivity contribution >= 4 is 21.4 Å². The van der Waals surface area contributed by atoms with Crippen LogP contribution in [0.5, 0.6) is 0 Å². The Hall–Kier alpha value is -0.890. The Morgan fingerprint density at radius 3 is 2.36 bits per heavy atom. The van der Waals surface area contributed by atoms with Gasteiger partial charge in [-0.3, -0.25) is 0 Å². The average molecular weight is 210 g/mol. The molecule has 0 spiro atoms. The van der Waals surface area contributed by atoms with Gasteiger partial charge in [-0.1, -0.05) is 19.9 Å². The second-order valence-electron chi connectivity index (χ2n) is 2.90. The minimum Gasteiger partial charge on any atom is -0.206 e. The largest absolute Gasteiger partial charge is 0.206 e. The first-order chi connectivity index (χ1) is 6.70. The van der Waals surface area contributed by atoms with E-state index in [9.17, 15) is 4.39 Å². The van der Waals surface area contributed by atoms with Gasteiger partial charge in [0.1, 0.15) is 5.82 Å². The van der Waals surface area contributed by atoms with Crippen LogP contribution in [0.3, 0.4) is 0 Å². The van der Waals surface area contributed by atoms with E-state index in [0.717, 1.165) is 15.6 Å². The minimum atomic E-state index is -0.102. The molecule has 0 aliphatic rings. The van der Waals surface area contributed by atoms with Crippen LogP contribution in [0, 0.1) is 19.7 Å². The zero-order valence-corrected chi connectivity index (χ0v) is 9.83. The van der Waals surface area contributed by atoms with Crippen LogP contribution < -0.4 is 0 Å². The molecule has 0 saturated carbocycles. The molecule has 0 fully saturated rings. The Kier molecular flexibility index (Phi) is 3.64. The maximum atomic E-state index is 13.3. The number of aryl methyl sites for hydroxylation is 2. The van der Waals surface area contributed by atoms with E-state index in [1.807, 2.05) is 33.8 Å². The molecule has 0 amide bonds. The first-order valence-electron chi connectivity index (χ1n) is 4.84. The van der Waals surface area contributed by atoms with Crippen LogP contribution in [0.15, 0.2) is 18.2 Å². The molecule has 1 aromatic heterocycles. The summed E-state index contributed by atoms with van der Waals surface area (Å²) in [5.74, 6) is -0.102. The zero-order valence-electron chi connectivity index (χ0n) is 9.02. The van der Waals surface area contributed by atoms with Gasteiger partial charge in [0.25, 0.3) is 0 Å². The number of hydrogen-bond acceptors (Lipinski definition) is 1. The molecular weight excluding hydrogens is 195 g/mol. The fourth-order valence-corrected chi connectivity index (χ4v) is 2.46. The maximum Gasteiger partial charge on any atom is 0.132 e. The van der Waals surface area contributed by atoms with Crippen molar-refractivity contribution in [2.24, 2.45) is 0 Å². The van der Waals surface area contributed by atoms with E-state index in [0.29, 0.717) is 0 Å². The number of halogens is 1. The lowest BCUT2D eigenvalue weighted by molar-refractivity contribution is 0.639. The van der Waals surface area contributed by atoms with E-state index in [1.165, 1.54) is 10.9 Å². The van der Waals surface area contributed by atoms with Crippen molar-refractivity contribution < 1.29 is 4.39 Å². The summed E-state index contributed by atoms with van der Waals surface area (Å²) in [6, 6.07) is 5.23. The molecule has 1 aromatic carbocycles. The quantitative estimate of drug-likeness (QED) is 0.592. The highest BCUT2D eigenvalue weighted by Gasteiger charge is 2.07. The summed E-state index contributed by atoms with van der Waals surface area (Å²) in [6.07, 6.45) is 0. The maximum absolute atomic E-state index is 13.3. The predicted octanol–water partition coefficient (Wildman–Crippen LogP) is 4.68. The van der Waals surface area contributed by atoms with Gasteiger partial charge in [-0.25, -0.2) is 4.39 Å². The SMILES string of the molecule is CC.Cc1sc2cccc(F)c2c1C. The second kappa shape index (κ2) is 4.56. The molecule has 0 saturated heterocycles. The minimum absolute atomic E-state index is 0.102. The number of rotatable bonds is 0. The standard InChI is InChI=1S/C10H9FS.C2H6/c1-6-7(2)12-9-5-3-4-8(11)10(6)9;1-2/h3-5H,1-2H3;1-2H3. The first kappa shape index (κ1) is 11.2. The van der Waals surface area contributed by atoms with E-state index in [-0.39, 0.29) is 5.82 Å². The third-order valence-corrected chi connectivity index (χ3v) is 3.31. The Balaban J connectivity index is 0.000000461. The predicted molar refractivity (Wildman–Crippen MR) is 62.6 cm³/mol. The molecule has 0 nitrogen and oxygen atoms in total. The van der Waals surface area contributed by atoms with Gasteiger partial charge in [0, 0.05) is 15.0 Å². The Labute approximate surface area is 88.4 Å². The van der Waals surface area contributed by atoms with Crippen molar-refractivity contribution in [1.29, 1.82) is 0 Å². The highest BCUT2D eigenvalue weighted by atomic mass is 32.1. The molecule has 14 heavy (non-hydrogen) atoms. The van der Waals surface area contributed by atoms with Gasteiger partial charge >= 0.3 is 0 Å². The molecular formula is C12H15FS. The lowest BCUT2D eigenvalue weighted by Crippen LogP contribution is -1.76. The molecule has 0 aliphatic heterocycles. The number of thiophene rings is 1. The third kappa shape index (κ3) is 1.80. The van der Waals surface area contributed by atoms with Crippen LogP contribution in [-0.4, -0.2) is 0 Å². The molecule has 2 aromatic rings. The van der Waals surface area contributed by atoms with Crippen molar-refractivity contribution in [3.05, 3.63) is 34.5 Å². The number of fused-ring (bicyclic) bond motifs is 1. The van der Waals surface area contributed by atoms with Crippen LogP contribution in [0.25, 0.3) is 10.1 Å². The molecule has 2 heteroatoms. The monoisotopic (exact) mass is 210 g/mol. The van der Waals surface area contributed by atoms with Crippen molar-refractivity contribution in [3.63, 3.8) is 0 Å². The van der Waals surface area contributed by atoms with E-state index >= 15 is 0 Å². The molecule has 0 aliphatic carbocycles. The highest BCUT2D eigenvalue weighted by Crippen LogP contribution is 2.31. The van der Waals surface area contributed by atoms with Gasteiger partial charge in [0.15, 0.2) is 0 Å². The molecule has 0 radical (unpaired) electrons. The van der Waals surface area contributed by atoms with Crippen molar-refractivity contribution in [1.82, 2.24) is 0 Å². The average Bonchev–Trinajstić information content (AvgIpc) is 2.47. The highest BCUT2D eigenvalue weighted by molar-refractivity contribution is 7.19. The smallest absolute Gasteiger partial charge is 0.132 e. The number of benzene rings is 1. The Morgan fingerprint density at radius 1 is 1.14 bits per heavy atom. The van der Waals surface area contributed by atoms with Gasteiger partial charge < -0.3 is 0 Å². The van der Waals surface area contributed by atoms with Crippen molar-refractivity contribution in [2.45, 2.75) is 27.7 Å². The van der Waals surface area contributed by atoms with E-state index in [2.05, 4.69) is 0 Å². The molecule has 0 unspecified atom stereocenters. The van der Waals surface area contributed by atoms with Gasteiger partial charge in [-0.2, -0.15) is 0 Å². The summed E-state index contributed by atoms with van der Waals surface area (Å²) >= 11 is 1.65. The second-order valence-corrected chi connectivity index (χ2v) is 4.15. The van der Waals surface area contributed by atoms with Gasteiger partial charge in [-0.05, 0) is 31.5 Å². The van der Waals surface area contributed by atoms with Crippen LogP contribution in [0.1, 0.15) is 24.3 Å². The van der Waals surface area contributed by atoms with Crippen LogP contribution in [0.2, 0.25) is 0 Å². The van der Waals surface area contributed by atoms with Gasteiger partial charge in [0.2, 0.25) is 0 Å². The summed E-state index contributed by atoms with van der Waals surface area (Å²) in [5, 5.41) is 0.792. The Morgan fingerprint density at radius 2 is 1.79 bits per heavy atom. The molecule has 0 bridgehead atoms. The number of hydrogen-bond donors (Lipinski definition) is 0. The van der Waals surface area contributed by atoms with E-state index in [4.69, 9.17) is 0 Å². The summed E-state index contributed by atoms with van der Waals surface area (Å²) in [7, 11) is 0. The summed E-state index contributed by atoms with van der Waals surface area (Å²) in [5.41, 5.74) is 1.08. The topological polar surface area (TPSA) is 0 Å². The fraction of sp³-hybridized carbons (Fsp3) is 0.333. The zero-order chi connectivity index (χ0) is 10.7. The van der Waals surface area contributed by atoms with Crippen LogP contribution in [0.4, 0.5) is 4.39 Å². The van der Waals surface area contributed by atoms with Gasteiger partial charge in [0.05, 0.1) is 0 Å². The summed E-state index contributed by atoms with van der Waals surface area (Å²) in [6.45, 7) is 8.00. The van der Waals surface area contributed by atoms with E-state index in [1.54, 1.807) is 17.4 Å². The lowest BCUT2D eigenvalue weighted by atomic mass is 10.1. The van der Waals surface area contributed by atoms with E-state index < -0.39 is 0 Å². The fourth-order valence-electron chi connectivity index (χ4n) is 1.37. The van der Waals surface area contributed by atoms with Crippen molar-refractivity contribution in [3.8, 4) is 0 Å². The third-order valence-electron chi connectivity index (χ3n) is 2.14. The Bertz CT molecular complexity index is 429. The van der Waals surface area contributed by atoms with Crippen molar-refractivity contribution in [2.75, 3.05) is 0 Å². The molecule has 1 heterocycles.